The first kappa shape index (κ1) is 27.2. The van der Waals surface area contributed by atoms with Crippen LogP contribution in [0.25, 0.3) is 6.08 Å². The summed E-state index contributed by atoms with van der Waals surface area (Å²) in [5.74, 6) is 0.785. The summed E-state index contributed by atoms with van der Waals surface area (Å²) in [4.78, 5) is 25.0. The number of amides is 1. The summed E-state index contributed by atoms with van der Waals surface area (Å²) in [5, 5.41) is 7.51. The molecule has 0 fully saturated rings. The lowest BCUT2D eigenvalue weighted by Crippen LogP contribution is -2.12. The number of nitrogens with one attached hydrogen (secondary N) is 1. The molecule has 0 spiro atoms. The van der Waals surface area contributed by atoms with Crippen LogP contribution in [0.1, 0.15) is 38.4 Å². The van der Waals surface area contributed by atoms with E-state index in [0.29, 0.717) is 35.8 Å². The van der Waals surface area contributed by atoms with E-state index >= 15 is 0 Å². The SMILES string of the molecule is COC(=O)c1ccccc1Cn1nc(C)c(NC(=O)/C=C/c2ccc(OC)c(COc3ccccc3)c2)c1C. The molecule has 0 radical (unpaired) electrons. The molecule has 0 unspecified atom stereocenters. The Morgan fingerprint density at radius 3 is 2.44 bits per heavy atom. The summed E-state index contributed by atoms with van der Waals surface area (Å²) in [5.41, 5.74) is 5.04. The summed E-state index contributed by atoms with van der Waals surface area (Å²) >= 11 is 0. The van der Waals surface area contributed by atoms with Gasteiger partial charge in [-0.25, -0.2) is 4.79 Å². The van der Waals surface area contributed by atoms with E-state index < -0.39 is 5.97 Å². The molecule has 0 atom stereocenters. The van der Waals surface area contributed by atoms with Gasteiger partial charge in [0.1, 0.15) is 18.1 Å². The Kier molecular flexibility index (Phi) is 8.78. The van der Waals surface area contributed by atoms with E-state index in [1.54, 1.807) is 30.0 Å². The number of methoxy groups -OCH3 is 2. The number of carbonyl (C=O) groups is 2. The second-order valence-corrected chi connectivity index (χ2v) is 8.85. The Morgan fingerprint density at radius 1 is 0.949 bits per heavy atom. The van der Waals surface area contributed by atoms with Crippen molar-refractivity contribution in [3.63, 3.8) is 0 Å². The van der Waals surface area contributed by atoms with E-state index in [2.05, 4.69) is 10.4 Å². The molecule has 1 N–H and O–H groups in total. The maximum absolute atomic E-state index is 12.8. The van der Waals surface area contributed by atoms with E-state index in [-0.39, 0.29) is 5.91 Å². The summed E-state index contributed by atoms with van der Waals surface area (Å²) in [7, 11) is 2.97. The molecule has 4 rings (SSSR count). The number of carbonyl (C=O) groups excluding carboxylic acids is 2. The lowest BCUT2D eigenvalue weighted by molar-refractivity contribution is -0.111. The number of para-hydroxylation sites is 1. The molecule has 200 valence electrons. The van der Waals surface area contributed by atoms with Crippen LogP contribution < -0.4 is 14.8 Å². The number of rotatable bonds is 10. The third-order valence-corrected chi connectivity index (χ3v) is 6.24. The maximum atomic E-state index is 12.8. The molecule has 8 nitrogen and oxygen atoms in total. The number of benzene rings is 3. The molecular weight excluding hydrogens is 494 g/mol. The van der Waals surface area contributed by atoms with Gasteiger partial charge in [-0.1, -0.05) is 42.5 Å². The van der Waals surface area contributed by atoms with Gasteiger partial charge < -0.3 is 19.5 Å². The van der Waals surface area contributed by atoms with Gasteiger partial charge in [-0.05, 0) is 61.4 Å². The lowest BCUT2D eigenvalue weighted by Gasteiger charge is -2.11. The first-order valence-electron chi connectivity index (χ1n) is 12.4. The van der Waals surface area contributed by atoms with Crippen LogP contribution in [0.4, 0.5) is 5.69 Å². The number of esters is 1. The number of nitrogens with zero attached hydrogens (tertiary/aromatic N) is 2. The molecular formula is C31H31N3O5. The Labute approximate surface area is 227 Å². The van der Waals surface area contributed by atoms with Crippen LogP contribution in [-0.4, -0.2) is 35.9 Å². The predicted molar refractivity (Wildman–Crippen MR) is 150 cm³/mol. The van der Waals surface area contributed by atoms with Gasteiger partial charge >= 0.3 is 5.97 Å². The van der Waals surface area contributed by atoms with Gasteiger partial charge in [0.05, 0.1) is 43.4 Å². The summed E-state index contributed by atoms with van der Waals surface area (Å²) < 4.78 is 18.0. The second kappa shape index (κ2) is 12.6. The van der Waals surface area contributed by atoms with Gasteiger partial charge in [-0.15, -0.1) is 0 Å². The minimum Gasteiger partial charge on any atom is -0.496 e. The number of anilines is 1. The minimum atomic E-state index is -0.404. The Hall–Kier alpha value is -4.85. The average molecular weight is 526 g/mol. The quantitative estimate of drug-likeness (QED) is 0.215. The fourth-order valence-corrected chi connectivity index (χ4v) is 4.19. The average Bonchev–Trinajstić information content (AvgIpc) is 3.22. The number of hydrogen-bond donors (Lipinski definition) is 1. The molecule has 0 saturated heterocycles. The lowest BCUT2D eigenvalue weighted by atomic mass is 10.1. The first-order chi connectivity index (χ1) is 18.9. The molecule has 8 heteroatoms. The Balaban J connectivity index is 1.45. The van der Waals surface area contributed by atoms with E-state index in [9.17, 15) is 9.59 Å². The third kappa shape index (κ3) is 6.73. The van der Waals surface area contributed by atoms with Crippen molar-refractivity contribution in [3.8, 4) is 11.5 Å². The van der Waals surface area contributed by atoms with Gasteiger partial charge in [0.15, 0.2) is 0 Å². The van der Waals surface area contributed by atoms with E-state index in [1.165, 1.54) is 13.2 Å². The first-order valence-corrected chi connectivity index (χ1v) is 12.4. The van der Waals surface area contributed by atoms with Crippen LogP contribution in [0.15, 0.2) is 78.9 Å². The summed E-state index contributed by atoms with van der Waals surface area (Å²) in [6.07, 6.45) is 3.22. The molecule has 0 aliphatic rings. The van der Waals surface area contributed by atoms with Crippen molar-refractivity contribution in [2.24, 2.45) is 0 Å². The zero-order chi connectivity index (χ0) is 27.8. The van der Waals surface area contributed by atoms with Gasteiger partial charge in [0, 0.05) is 11.6 Å². The van der Waals surface area contributed by atoms with Crippen LogP contribution in [0.2, 0.25) is 0 Å². The van der Waals surface area contributed by atoms with Crippen LogP contribution in [0.5, 0.6) is 11.5 Å². The van der Waals surface area contributed by atoms with Gasteiger partial charge in [-0.2, -0.15) is 5.10 Å². The van der Waals surface area contributed by atoms with Crippen molar-refractivity contribution >= 4 is 23.6 Å². The molecule has 0 bridgehead atoms. The van der Waals surface area contributed by atoms with Crippen molar-refractivity contribution in [1.82, 2.24) is 9.78 Å². The minimum absolute atomic E-state index is 0.284. The van der Waals surface area contributed by atoms with Gasteiger partial charge in [-0.3, -0.25) is 9.48 Å². The highest BCUT2D eigenvalue weighted by Crippen LogP contribution is 2.24. The van der Waals surface area contributed by atoms with Crippen molar-refractivity contribution in [2.45, 2.75) is 27.0 Å². The fourth-order valence-electron chi connectivity index (χ4n) is 4.19. The normalized spacial score (nSPS) is 10.9. The highest BCUT2D eigenvalue weighted by Gasteiger charge is 2.17. The van der Waals surface area contributed by atoms with Gasteiger partial charge in [0.2, 0.25) is 5.91 Å². The molecule has 4 aromatic rings. The van der Waals surface area contributed by atoms with Crippen LogP contribution >= 0.6 is 0 Å². The molecule has 1 amide bonds. The standard InChI is InChI=1S/C31H31N3O5/c1-21-30(22(2)34(33-21)19-24-10-8-9-13-27(24)31(36)38-4)32-29(35)17-15-23-14-16-28(37-3)25(18-23)20-39-26-11-6-5-7-12-26/h5-18H,19-20H2,1-4H3,(H,32,35)/b17-15+. The number of hydrogen-bond acceptors (Lipinski definition) is 6. The fraction of sp³-hybridized carbons (Fsp3) is 0.194. The Morgan fingerprint density at radius 2 is 1.69 bits per heavy atom. The van der Waals surface area contributed by atoms with Crippen molar-refractivity contribution in [3.05, 3.63) is 113 Å². The third-order valence-electron chi connectivity index (χ3n) is 6.24. The molecule has 3 aromatic carbocycles. The van der Waals surface area contributed by atoms with Crippen molar-refractivity contribution in [1.29, 1.82) is 0 Å². The van der Waals surface area contributed by atoms with Crippen molar-refractivity contribution < 1.29 is 23.8 Å². The summed E-state index contributed by atoms with van der Waals surface area (Å²) in [6.45, 7) is 4.40. The Bertz CT molecular complexity index is 1490. The highest BCUT2D eigenvalue weighted by molar-refractivity contribution is 6.02. The second-order valence-electron chi connectivity index (χ2n) is 8.85. The van der Waals surface area contributed by atoms with E-state index in [4.69, 9.17) is 14.2 Å². The van der Waals surface area contributed by atoms with Crippen LogP contribution in [-0.2, 0) is 22.7 Å². The largest absolute Gasteiger partial charge is 0.496 e. The molecule has 0 aliphatic heterocycles. The zero-order valence-electron chi connectivity index (χ0n) is 22.4. The predicted octanol–water partition coefficient (Wildman–Crippen LogP) is 5.57. The monoisotopic (exact) mass is 525 g/mol. The van der Waals surface area contributed by atoms with E-state index in [1.807, 2.05) is 74.5 Å². The molecule has 39 heavy (non-hydrogen) atoms. The van der Waals surface area contributed by atoms with Crippen LogP contribution in [0, 0.1) is 13.8 Å². The topological polar surface area (TPSA) is 91.7 Å². The van der Waals surface area contributed by atoms with Gasteiger partial charge in [0.25, 0.3) is 0 Å². The van der Waals surface area contributed by atoms with Crippen molar-refractivity contribution in [2.75, 3.05) is 19.5 Å². The highest BCUT2D eigenvalue weighted by atomic mass is 16.5. The molecule has 0 saturated carbocycles. The molecule has 0 aliphatic carbocycles. The zero-order valence-corrected chi connectivity index (χ0v) is 22.4. The maximum Gasteiger partial charge on any atom is 0.338 e. The number of aromatic nitrogens is 2. The smallest absolute Gasteiger partial charge is 0.338 e. The molecule has 1 heterocycles. The summed E-state index contributed by atoms with van der Waals surface area (Å²) in [6, 6.07) is 22.4. The van der Waals surface area contributed by atoms with E-state index in [0.717, 1.165) is 28.1 Å². The number of ether oxygens (including phenoxy) is 3. The molecule has 1 aromatic heterocycles. The number of aryl methyl sites for hydroxylation is 1. The van der Waals surface area contributed by atoms with Crippen LogP contribution in [0.3, 0.4) is 0 Å².